The van der Waals surface area contributed by atoms with E-state index in [1.54, 1.807) is 0 Å². The van der Waals surface area contributed by atoms with Gasteiger partial charge in [0, 0.05) is 37.9 Å². The topological polar surface area (TPSA) is 28.1 Å². The summed E-state index contributed by atoms with van der Waals surface area (Å²) >= 11 is 0. The highest BCUT2D eigenvalue weighted by Gasteiger charge is 2.51. The molecular weight excluding hydrogens is 334 g/mol. The monoisotopic (exact) mass is 361 g/mol. The first-order chi connectivity index (χ1) is 13.2. The summed E-state index contributed by atoms with van der Waals surface area (Å²) in [5.74, 6) is 1.05. The minimum Gasteiger partial charge on any atom is -0.466 e. The van der Waals surface area contributed by atoms with E-state index in [4.69, 9.17) is 9.84 Å². The van der Waals surface area contributed by atoms with Gasteiger partial charge in [-0.1, -0.05) is 55.0 Å². The van der Waals surface area contributed by atoms with Crippen molar-refractivity contribution in [1.29, 1.82) is 0 Å². The van der Waals surface area contributed by atoms with E-state index in [2.05, 4.69) is 72.3 Å². The van der Waals surface area contributed by atoms with Crippen LogP contribution in [-0.2, 0) is 0 Å². The number of fused-ring (bicyclic) bond motifs is 4. The van der Waals surface area contributed by atoms with E-state index in [0.29, 0.717) is 0 Å². The number of para-hydroxylation sites is 1. The molecule has 4 nitrogen and oxygen atoms in total. The summed E-state index contributed by atoms with van der Waals surface area (Å²) in [6.07, 6.45) is 2.94. The molecule has 0 unspecified atom stereocenters. The lowest BCUT2D eigenvalue weighted by Crippen LogP contribution is -2.59. The Morgan fingerprint density at radius 1 is 1.07 bits per heavy atom. The van der Waals surface area contributed by atoms with Crippen LogP contribution in [0.15, 0.2) is 53.6 Å². The summed E-state index contributed by atoms with van der Waals surface area (Å²) in [5.41, 5.74) is 4.65. The van der Waals surface area contributed by atoms with Gasteiger partial charge in [-0.2, -0.15) is 5.10 Å². The normalized spacial score (nSPS) is 23.6. The summed E-state index contributed by atoms with van der Waals surface area (Å²) < 4.78 is 6.66. The van der Waals surface area contributed by atoms with Gasteiger partial charge in [-0.15, -0.1) is 0 Å². The van der Waals surface area contributed by atoms with Crippen molar-refractivity contribution in [3.05, 3.63) is 65.2 Å². The fraction of sp³-hybridized carbons (Fsp3) is 0.435. The van der Waals surface area contributed by atoms with Gasteiger partial charge in [0.25, 0.3) is 0 Å². The van der Waals surface area contributed by atoms with E-state index in [1.165, 1.54) is 22.4 Å². The maximum absolute atomic E-state index is 6.66. The second-order valence-corrected chi connectivity index (χ2v) is 8.00. The maximum Gasteiger partial charge on any atom is 0.200 e. The van der Waals surface area contributed by atoms with Crippen LogP contribution < -0.4 is 4.74 Å². The average molecular weight is 361 g/mol. The van der Waals surface area contributed by atoms with E-state index >= 15 is 0 Å². The lowest BCUT2D eigenvalue weighted by Gasteiger charge is -2.51. The number of benzene rings is 2. The number of hydrogen-bond acceptors (Lipinski definition) is 4. The molecule has 2 aromatic rings. The molecular formula is C23H27N3O. The number of piperidine rings is 1. The predicted octanol–water partition coefficient (Wildman–Crippen LogP) is 4.35. The van der Waals surface area contributed by atoms with E-state index in [1.807, 2.05) is 0 Å². The molecule has 2 aromatic carbocycles. The third-order valence-electron chi connectivity index (χ3n) is 6.38. The Hall–Kier alpha value is -2.33. The summed E-state index contributed by atoms with van der Waals surface area (Å²) in [4.78, 5) is 2.50. The highest BCUT2D eigenvalue weighted by molar-refractivity contribution is 6.02. The number of nitrogens with zero attached hydrogens (tertiary/aromatic N) is 3. The minimum absolute atomic E-state index is 0.277. The molecule has 3 aliphatic rings. The Labute approximate surface area is 161 Å². The molecule has 0 N–H and O–H groups in total. The molecule has 1 fully saturated rings. The highest BCUT2D eigenvalue weighted by atomic mass is 16.5. The lowest BCUT2D eigenvalue weighted by atomic mass is 9.90. The first-order valence-electron chi connectivity index (χ1n) is 10.1. The Morgan fingerprint density at radius 3 is 2.56 bits per heavy atom. The zero-order valence-corrected chi connectivity index (χ0v) is 16.2. The third kappa shape index (κ3) is 2.74. The Bertz CT molecular complexity index is 865. The van der Waals surface area contributed by atoms with Gasteiger partial charge < -0.3 is 9.64 Å². The van der Waals surface area contributed by atoms with Crippen LogP contribution in [0.1, 0.15) is 48.9 Å². The first kappa shape index (κ1) is 16.8. The molecule has 0 saturated carbocycles. The molecule has 1 atom stereocenters. The van der Waals surface area contributed by atoms with Crippen LogP contribution in [-0.4, -0.2) is 41.0 Å². The van der Waals surface area contributed by atoms with Crippen LogP contribution in [0.3, 0.4) is 0 Å². The predicted molar refractivity (Wildman–Crippen MR) is 108 cm³/mol. The van der Waals surface area contributed by atoms with Crippen LogP contribution in [0.4, 0.5) is 0 Å². The number of ether oxygens (including phenoxy) is 1. The molecule has 0 aromatic heterocycles. The van der Waals surface area contributed by atoms with Gasteiger partial charge in [0.15, 0.2) is 0 Å². The van der Waals surface area contributed by atoms with Gasteiger partial charge in [0.2, 0.25) is 5.72 Å². The van der Waals surface area contributed by atoms with Crippen molar-refractivity contribution in [2.75, 3.05) is 19.6 Å². The molecule has 5 rings (SSSR count). The van der Waals surface area contributed by atoms with Crippen molar-refractivity contribution in [2.45, 2.75) is 44.9 Å². The van der Waals surface area contributed by atoms with E-state index < -0.39 is 0 Å². The van der Waals surface area contributed by atoms with Crippen molar-refractivity contribution in [3.63, 3.8) is 0 Å². The number of likely N-dealkylation sites (tertiary alicyclic amines) is 1. The number of hydrazone groups is 1. The van der Waals surface area contributed by atoms with Crippen LogP contribution in [0, 0.1) is 6.92 Å². The first-order valence-corrected chi connectivity index (χ1v) is 10.1. The summed E-state index contributed by atoms with van der Waals surface area (Å²) in [6, 6.07) is 17.6. The fourth-order valence-electron chi connectivity index (χ4n) is 4.70. The average Bonchev–Trinajstić information content (AvgIpc) is 3.16. The van der Waals surface area contributed by atoms with Crippen molar-refractivity contribution >= 4 is 5.71 Å². The Balaban J connectivity index is 1.54. The van der Waals surface area contributed by atoms with Gasteiger partial charge >= 0.3 is 0 Å². The number of aryl methyl sites for hydroxylation is 1. The maximum atomic E-state index is 6.66. The van der Waals surface area contributed by atoms with Crippen molar-refractivity contribution in [1.82, 2.24) is 9.91 Å². The molecule has 1 saturated heterocycles. The third-order valence-corrected chi connectivity index (χ3v) is 6.38. The summed E-state index contributed by atoms with van der Waals surface area (Å²) in [7, 11) is 0. The van der Waals surface area contributed by atoms with Crippen molar-refractivity contribution in [2.24, 2.45) is 5.10 Å². The zero-order chi connectivity index (χ0) is 18.4. The van der Waals surface area contributed by atoms with Crippen molar-refractivity contribution in [3.8, 4) is 5.75 Å². The highest BCUT2D eigenvalue weighted by Crippen LogP contribution is 2.49. The standard InChI is InChI=1S/C23H27N3O/c1-3-25-14-12-23(13-15-25)26-21(19-6-4-5-7-22(19)27-23)16-20(24-26)18-10-8-17(2)9-11-18/h4-11,21H,3,12-16H2,1-2H3/t21-/m1/s1. The van der Waals surface area contributed by atoms with E-state index in [-0.39, 0.29) is 11.8 Å². The van der Waals surface area contributed by atoms with Crippen LogP contribution in [0.2, 0.25) is 0 Å². The smallest absolute Gasteiger partial charge is 0.200 e. The fourth-order valence-corrected chi connectivity index (χ4v) is 4.70. The number of hydrogen-bond donors (Lipinski definition) is 0. The second-order valence-electron chi connectivity index (χ2n) is 8.00. The number of rotatable bonds is 2. The van der Waals surface area contributed by atoms with Crippen LogP contribution in [0.5, 0.6) is 5.75 Å². The van der Waals surface area contributed by atoms with Gasteiger partial charge in [-0.3, -0.25) is 0 Å². The van der Waals surface area contributed by atoms with Gasteiger partial charge in [-0.05, 0) is 25.1 Å². The minimum atomic E-state index is -0.308. The molecule has 1 spiro atoms. The molecule has 0 bridgehead atoms. The van der Waals surface area contributed by atoms with Crippen molar-refractivity contribution < 1.29 is 4.74 Å². The molecule has 0 aliphatic carbocycles. The molecule has 140 valence electrons. The molecule has 4 heteroatoms. The Morgan fingerprint density at radius 2 is 1.81 bits per heavy atom. The van der Waals surface area contributed by atoms with Crippen LogP contribution in [0.25, 0.3) is 0 Å². The molecule has 27 heavy (non-hydrogen) atoms. The molecule has 0 amide bonds. The summed E-state index contributed by atoms with van der Waals surface area (Å²) in [6.45, 7) is 7.61. The van der Waals surface area contributed by atoms with Gasteiger partial charge in [0.05, 0.1) is 11.8 Å². The lowest BCUT2D eigenvalue weighted by molar-refractivity contribution is -0.149. The quantitative estimate of drug-likeness (QED) is 0.796. The van der Waals surface area contributed by atoms with E-state index in [9.17, 15) is 0 Å². The van der Waals surface area contributed by atoms with E-state index in [0.717, 1.165) is 44.6 Å². The largest absolute Gasteiger partial charge is 0.466 e. The molecule has 0 radical (unpaired) electrons. The Kier molecular flexibility index (Phi) is 3.97. The van der Waals surface area contributed by atoms with Crippen LogP contribution >= 0.6 is 0 Å². The second kappa shape index (κ2) is 6.38. The van der Waals surface area contributed by atoms with Gasteiger partial charge in [0.1, 0.15) is 5.75 Å². The zero-order valence-electron chi connectivity index (χ0n) is 16.2. The van der Waals surface area contributed by atoms with Gasteiger partial charge in [-0.25, -0.2) is 5.01 Å². The summed E-state index contributed by atoms with van der Waals surface area (Å²) in [5, 5.41) is 7.45. The molecule has 3 heterocycles. The molecule has 3 aliphatic heterocycles. The SMILES string of the molecule is CCN1CCC2(CC1)Oc1ccccc1[C@H]1CC(c3ccc(C)cc3)=NN12.